The fourth-order valence-corrected chi connectivity index (χ4v) is 2.61. The normalized spacial score (nSPS) is 11.2. The van der Waals surface area contributed by atoms with E-state index in [4.69, 9.17) is 5.73 Å². The molecule has 0 aliphatic carbocycles. The van der Waals surface area contributed by atoms with Crippen molar-refractivity contribution in [1.29, 1.82) is 0 Å². The molecular formula is C14H17F2IN4S. The summed E-state index contributed by atoms with van der Waals surface area (Å²) >= 11 is 1.62. The van der Waals surface area contributed by atoms with Gasteiger partial charge in [0, 0.05) is 23.9 Å². The molecule has 3 N–H and O–H groups in total. The number of anilines is 1. The molecule has 2 rings (SSSR count). The van der Waals surface area contributed by atoms with Crippen LogP contribution in [0, 0.1) is 25.5 Å². The number of halogens is 3. The van der Waals surface area contributed by atoms with Gasteiger partial charge < -0.3 is 11.1 Å². The largest absolute Gasteiger partial charge is 0.370 e. The van der Waals surface area contributed by atoms with Gasteiger partial charge in [0.25, 0.3) is 0 Å². The van der Waals surface area contributed by atoms with Crippen LogP contribution in [0.15, 0.2) is 23.2 Å². The maximum Gasteiger partial charge on any atom is 0.193 e. The van der Waals surface area contributed by atoms with E-state index in [1.165, 1.54) is 4.88 Å². The zero-order chi connectivity index (χ0) is 15.4. The lowest BCUT2D eigenvalue weighted by molar-refractivity contribution is 0.604. The fourth-order valence-electron chi connectivity index (χ4n) is 1.69. The van der Waals surface area contributed by atoms with Gasteiger partial charge in [0.1, 0.15) is 11.6 Å². The maximum atomic E-state index is 13.4. The maximum absolute atomic E-state index is 13.4. The molecule has 1 aromatic heterocycles. The minimum Gasteiger partial charge on any atom is -0.370 e. The zero-order valence-electron chi connectivity index (χ0n) is 12.2. The van der Waals surface area contributed by atoms with E-state index in [-0.39, 0.29) is 35.6 Å². The van der Waals surface area contributed by atoms with Crippen LogP contribution in [0.2, 0.25) is 0 Å². The molecule has 1 aromatic carbocycles. The van der Waals surface area contributed by atoms with E-state index >= 15 is 0 Å². The molecule has 0 aliphatic rings. The van der Waals surface area contributed by atoms with Gasteiger partial charge in [-0.05, 0) is 26.0 Å². The van der Waals surface area contributed by atoms with E-state index in [0.717, 1.165) is 28.9 Å². The van der Waals surface area contributed by atoms with E-state index in [2.05, 4.69) is 15.3 Å². The Morgan fingerprint density at radius 2 is 2.09 bits per heavy atom. The Morgan fingerprint density at radius 1 is 1.36 bits per heavy atom. The number of rotatable bonds is 4. The number of aryl methyl sites for hydroxylation is 2. The van der Waals surface area contributed by atoms with Gasteiger partial charge in [-0.2, -0.15) is 0 Å². The average Bonchev–Trinajstić information content (AvgIpc) is 2.73. The summed E-state index contributed by atoms with van der Waals surface area (Å²) in [6.45, 7) is 4.41. The molecule has 0 unspecified atom stereocenters. The SMILES string of the molecule is Cc1nc(CCN=C(N)Nc2cc(F)ccc2F)sc1C.I. The Hall–Kier alpha value is -1.29. The van der Waals surface area contributed by atoms with Crippen LogP contribution in [0.5, 0.6) is 0 Å². The van der Waals surface area contributed by atoms with Gasteiger partial charge in [-0.1, -0.05) is 0 Å². The highest BCUT2D eigenvalue weighted by Gasteiger charge is 2.05. The molecule has 0 fully saturated rings. The Balaban J connectivity index is 0.00000242. The van der Waals surface area contributed by atoms with Gasteiger partial charge in [-0.15, -0.1) is 35.3 Å². The molecule has 0 bridgehead atoms. The third kappa shape index (κ3) is 5.16. The highest BCUT2D eigenvalue weighted by Crippen LogP contribution is 2.17. The number of nitrogens with two attached hydrogens (primary N) is 1. The Kier molecular flexibility index (Phi) is 7.14. The molecule has 0 radical (unpaired) electrons. The van der Waals surface area contributed by atoms with Gasteiger partial charge in [-0.3, -0.25) is 4.99 Å². The average molecular weight is 438 g/mol. The number of hydrogen-bond donors (Lipinski definition) is 2. The molecule has 0 aliphatic heterocycles. The summed E-state index contributed by atoms with van der Waals surface area (Å²) < 4.78 is 26.4. The molecular weight excluding hydrogens is 421 g/mol. The van der Waals surface area contributed by atoms with Crippen molar-refractivity contribution in [3.05, 3.63) is 45.4 Å². The molecule has 120 valence electrons. The molecule has 2 aromatic rings. The van der Waals surface area contributed by atoms with Crippen LogP contribution < -0.4 is 11.1 Å². The first-order valence-electron chi connectivity index (χ1n) is 6.40. The van der Waals surface area contributed by atoms with Crippen molar-refractivity contribution in [2.75, 3.05) is 11.9 Å². The topological polar surface area (TPSA) is 63.3 Å². The predicted molar refractivity (Wildman–Crippen MR) is 97.2 cm³/mol. The zero-order valence-corrected chi connectivity index (χ0v) is 15.3. The summed E-state index contributed by atoms with van der Waals surface area (Å²) in [5, 5.41) is 3.53. The summed E-state index contributed by atoms with van der Waals surface area (Å²) in [6, 6.07) is 3.11. The Bertz CT molecular complexity index is 653. The number of thiazole rings is 1. The minimum atomic E-state index is -0.583. The van der Waals surface area contributed by atoms with E-state index < -0.39 is 11.6 Å². The second-order valence-electron chi connectivity index (χ2n) is 4.52. The molecule has 4 nitrogen and oxygen atoms in total. The van der Waals surface area contributed by atoms with Crippen molar-refractivity contribution in [1.82, 2.24) is 4.98 Å². The van der Waals surface area contributed by atoms with E-state index in [9.17, 15) is 8.78 Å². The standard InChI is InChI=1S/C14H16F2N4S.HI/c1-8-9(2)21-13(19-8)5-6-18-14(17)20-12-7-10(15)3-4-11(12)16;/h3-4,7H,5-6H2,1-2H3,(H3,17,18,20);1H. The summed E-state index contributed by atoms with van der Waals surface area (Å²) in [5.41, 5.74) is 6.65. The molecule has 22 heavy (non-hydrogen) atoms. The Morgan fingerprint density at radius 3 is 2.73 bits per heavy atom. The number of hydrogen-bond acceptors (Lipinski definition) is 3. The number of benzene rings is 1. The van der Waals surface area contributed by atoms with Crippen LogP contribution in [-0.4, -0.2) is 17.5 Å². The van der Waals surface area contributed by atoms with Crippen molar-refractivity contribution >= 4 is 47.0 Å². The third-order valence-electron chi connectivity index (χ3n) is 2.87. The van der Waals surface area contributed by atoms with Crippen LogP contribution in [0.1, 0.15) is 15.6 Å². The molecule has 8 heteroatoms. The van der Waals surface area contributed by atoms with Gasteiger partial charge in [0.15, 0.2) is 5.96 Å². The van der Waals surface area contributed by atoms with Crippen LogP contribution in [-0.2, 0) is 6.42 Å². The lowest BCUT2D eigenvalue weighted by atomic mass is 10.3. The number of aromatic nitrogens is 1. The van der Waals surface area contributed by atoms with E-state index in [0.29, 0.717) is 13.0 Å². The first-order valence-corrected chi connectivity index (χ1v) is 7.22. The van der Waals surface area contributed by atoms with Crippen molar-refractivity contribution in [3.63, 3.8) is 0 Å². The molecule has 0 amide bonds. The number of nitrogens with zero attached hydrogens (tertiary/aromatic N) is 2. The van der Waals surface area contributed by atoms with E-state index in [1.807, 2.05) is 13.8 Å². The van der Waals surface area contributed by atoms with Crippen LogP contribution in [0.4, 0.5) is 14.5 Å². The molecule has 0 atom stereocenters. The van der Waals surface area contributed by atoms with Crippen LogP contribution in [0.25, 0.3) is 0 Å². The quantitative estimate of drug-likeness (QED) is 0.436. The molecule has 0 saturated heterocycles. The fraction of sp³-hybridized carbons (Fsp3) is 0.286. The first kappa shape index (κ1) is 18.8. The third-order valence-corrected chi connectivity index (χ3v) is 4.00. The Labute approximate surface area is 148 Å². The number of aliphatic imine (C=N–C) groups is 1. The van der Waals surface area contributed by atoms with Crippen LogP contribution >= 0.6 is 35.3 Å². The predicted octanol–water partition coefficient (Wildman–Crippen LogP) is 3.63. The second kappa shape index (κ2) is 8.37. The summed E-state index contributed by atoms with van der Waals surface area (Å²) in [6.07, 6.45) is 0.660. The molecule has 0 spiro atoms. The highest BCUT2D eigenvalue weighted by molar-refractivity contribution is 14.0. The minimum absolute atomic E-state index is 0. The van der Waals surface area contributed by atoms with Crippen molar-refractivity contribution in [2.45, 2.75) is 20.3 Å². The monoisotopic (exact) mass is 438 g/mol. The molecule has 0 saturated carbocycles. The van der Waals surface area contributed by atoms with Crippen LogP contribution in [0.3, 0.4) is 0 Å². The van der Waals surface area contributed by atoms with E-state index in [1.54, 1.807) is 11.3 Å². The lowest BCUT2D eigenvalue weighted by Crippen LogP contribution is -2.23. The van der Waals surface area contributed by atoms with Gasteiger partial charge >= 0.3 is 0 Å². The first-order chi connectivity index (χ1) is 9.95. The van der Waals surface area contributed by atoms with Crippen molar-refractivity contribution < 1.29 is 8.78 Å². The summed E-state index contributed by atoms with van der Waals surface area (Å²) in [4.78, 5) is 9.66. The van der Waals surface area contributed by atoms with Gasteiger partial charge in [-0.25, -0.2) is 13.8 Å². The van der Waals surface area contributed by atoms with Gasteiger partial charge in [0.05, 0.1) is 16.4 Å². The lowest BCUT2D eigenvalue weighted by Gasteiger charge is -2.06. The smallest absolute Gasteiger partial charge is 0.193 e. The number of nitrogens with one attached hydrogen (secondary N) is 1. The van der Waals surface area contributed by atoms with Gasteiger partial charge in [0.2, 0.25) is 0 Å². The van der Waals surface area contributed by atoms with Crippen molar-refractivity contribution in [3.8, 4) is 0 Å². The molecule has 1 heterocycles. The number of guanidine groups is 1. The highest BCUT2D eigenvalue weighted by atomic mass is 127. The summed E-state index contributed by atoms with van der Waals surface area (Å²) in [5.74, 6) is -1.08. The summed E-state index contributed by atoms with van der Waals surface area (Å²) in [7, 11) is 0. The second-order valence-corrected chi connectivity index (χ2v) is 5.80. The van der Waals surface area contributed by atoms with Crippen molar-refractivity contribution in [2.24, 2.45) is 10.7 Å².